The van der Waals surface area contributed by atoms with Gasteiger partial charge in [0.15, 0.2) is 0 Å². The van der Waals surface area contributed by atoms with Crippen molar-refractivity contribution in [3.8, 4) is 0 Å². The van der Waals surface area contributed by atoms with Gasteiger partial charge in [0.05, 0.1) is 0 Å². The molecule has 2 aliphatic carbocycles. The quantitative estimate of drug-likeness (QED) is 0.852. The van der Waals surface area contributed by atoms with Gasteiger partial charge in [-0.25, -0.2) is 0 Å². The normalized spacial score (nSPS) is 31.4. The van der Waals surface area contributed by atoms with E-state index in [0.717, 1.165) is 23.7 Å². The van der Waals surface area contributed by atoms with E-state index < -0.39 is 0 Å². The lowest BCUT2D eigenvalue weighted by Crippen LogP contribution is -2.15. The highest BCUT2D eigenvalue weighted by Gasteiger charge is 2.55. The summed E-state index contributed by atoms with van der Waals surface area (Å²) >= 11 is 0. The standard InChI is InChI=1S/C17H25N/c1-11(2)10-12-6-8-13(9-7-12)17(18)16-14-4-3-5-15(14)16/h6-9,11,14-17H,3-5,10,18H2,1-2H3. The summed E-state index contributed by atoms with van der Waals surface area (Å²) in [5, 5.41) is 0. The first-order valence-electron chi connectivity index (χ1n) is 7.51. The van der Waals surface area contributed by atoms with E-state index in [1.165, 1.54) is 36.8 Å². The van der Waals surface area contributed by atoms with Gasteiger partial charge < -0.3 is 5.73 Å². The van der Waals surface area contributed by atoms with E-state index in [9.17, 15) is 0 Å². The molecule has 2 N–H and O–H groups in total. The van der Waals surface area contributed by atoms with E-state index >= 15 is 0 Å². The van der Waals surface area contributed by atoms with Crippen LogP contribution in [0.3, 0.4) is 0 Å². The van der Waals surface area contributed by atoms with Crippen LogP contribution in [0.1, 0.15) is 50.3 Å². The maximum absolute atomic E-state index is 6.44. The van der Waals surface area contributed by atoms with Crippen LogP contribution in [0.5, 0.6) is 0 Å². The number of nitrogens with two attached hydrogens (primary N) is 1. The van der Waals surface area contributed by atoms with Gasteiger partial charge in [-0.1, -0.05) is 44.5 Å². The maximum Gasteiger partial charge on any atom is 0.0329 e. The second-order valence-corrected chi connectivity index (χ2v) is 6.70. The second-order valence-electron chi connectivity index (χ2n) is 6.70. The van der Waals surface area contributed by atoms with Crippen LogP contribution in [-0.4, -0.2) is 0 Å². The molecular weight excluding hydrogens is 218 g/mol. The third kappa shape index (κ3) is 2.21. The molecule has 1 aromatic carbocycles. The molecule has 1 aromatic rings. The first-order valence-corrected chi connectivity index (χ1v) is 7.51. The Morgan fingerprint density at radius 2 is 1.72 bits per heavy atom. The lowest BCUT2D eigenvalue weighted by Gasteiger charge is -2.15. The van der Waals surface area contributed by atoms with Crippen molar-refractivity contribution in [1.29, 1.82) is 0 Å². The summed E-state index contributed by atoms with van der Waals surface area (Å²) in [5.41, 5.74) is 9.23. The van der Waals surface area contributed by atoms with Gasteiger partial charge in [0.1, 0.15) is 0 Å². The molecule has 3 unspecified atom stereocenters. The first-order chi connectivity index (χ1) is 8.66. The topological polar surface area (TPSA) is 26.0 Å². The molecule has 0 aromatic heterocycles. The molecule has 3 atom stereocenters. The molecule has 1 heteroatoms. The summed E-state index contributed by atoms with van der Waals surface area (Å²) in [4.78, 5) is 0. The summed E-state index contributed by atoms with van der Waals surface area (Å²) in [6.45, 7) is 4.54. The molecule has 98 valence electrons. The van der Waals surface area contributed by atoms with E-state index in [-0.39, 0.29) is 6.04 Å². The number of benzene rings is 1. The van der Waals surface area contributed by atoms with Gasteiger partial charge >= 0.3 is 0 Å². The highest BCUT2D eigenvalue weighted by molar-refractivity contribution is 5.27. The number of hydrogen-bond donors (Lipinski definition) is 1. The van der Waals surface area contributed by atoms with E-state index in [2.05, 4.69) is 38.1 Å². The molecule has 1 nitrogen and oxygen atoms in total. The molecule has 0 radical (unpaired) electrons. The van der Waals surface area contributed by atoms with E-state index in [0.29, 0.717) is 0 Å². The van der Waals surface area contributed by atoms with E-state index in [4.69, 9.17) is 5.73 Å². The summed E-state index contributed by atoms with van der Waals surface area (Å²) < 4.78 is 0. The van der Waals surface area contributed by atoms with Crippen LogP contribution >= 0.6 is 0 Å². The fourth-order valence-corrected chi connectivity index (χ4v) is 3.98. The molecule has 0 heterocycles. The van der Waals surface area contributed by atoms with Crippen molar-refractivity contribution in [3.63, 3.8) is 0 Å². The zero-order chi connectivity index (χ0) is 12.7. The number of fused-ring (bicyclic) bond motifs is 1. The van der Waals surface area contributed by atoms with Crippen molar-refractivity contribution in [3.05, 3.63) is 35.4 Å². The van der Waals surface area contributed by atoms with Crippen molar-refractivity contribution >= 4 is 0 Å². The van der Waals surface area contributed by atoms with Crippen molar-refractivity contribution < 1.29 is 0 Å². The smallest absolute Gasteiger partial charge is 0.0329 e. The number of hydrogen-bond acceptors (Lipinski definition) is 1. The lowest BCUT2D eigenvalue weighted by atomic mass is 9.95. The fraction of sp³-hybridized carbons (Fsp3) is 0.647. The van der Waals surface area contributed by atoms with Crippen LogP contribution in [0.4, 0.5) is 0 Å². The fourth-order valence-electron chi connectivity index (χ4n) is 3.98. The Hall–Kier alpha value is -0.820. The molecule has 2 saturated carbocycles. The second kappa shape index (κ2) is 4.70. The predicted octanol–water partition coefficient (Wildman–Crippen LogP) is 3.93. The molecule has 0 bridgehead atoms. The molecule has 2 aliphatic rings. The van der Waals surface area contributed by atoms with Crippen molar-refractivity contribution in [2.24, 2.45) is 29.4 Å². The van der Waals surface area contributed by atoms with Crippen LogP contribution in [-0.2, 0) is 6.42 Å². The van der Waals surface area contributed by atoms with Crippen LogP contribution in [0.2, 0.25) is 0 Å². The molecule has 0 amide bonds. The Labute approximate surface area is 111 Å². The summed E-state index contributed by atoms with van der Waals surface area (Å²) in [6, 6.07) is 9.35. The Balaban J connectivity index is 1.65. The zero-order valence-corrected chi connectivity index (χ0v) is 11.6. The van der Waals surface area contributed by atoms with Crippen molar-refractivity contribution in [1.82, 2.24) is 0 Å². The van der Waals surface area contributed by atoms with Gasteiger partial charge in [-0.05, 0) is 54.1 Å². The van der Waals surface area contributed by atoms with Gasteiger partial charge in [0, 0.05) is 6.04 Å². The van der Waals surface area contributed by atoms with Gasteiger partial charge in [0.25, 0.3) is 0 Å². The lowest BCUT2D eigenvalue weighted by molar-refractivity contribution is 0.501. The summed E-state index contributed by atoms with van der Waals surface area (Å²) in [6.07, 6.45) is 5.46. The molecule has 2 fully saturated rings. The Morgan fingerprint density at radius 1 is 1.11 bits per heavy atom. The minimum absolute atomic E-state index is 0.286. The predicted molar refractivity (Wildman–Crippen MR) is 76.2 cm³/mol. The highest BCUT2D eigenvalue weighted by Crippen LogP contribution is 2.61. The Kier molecular flexibility index (Phi) is 3.19. The molecule has 18 heavy (non-hydrogen) atoms. The third-order valence-electron chi connectivity index (χ3n) is 4.90. The van der Waals surface area contributed by atoms with Crippen LogP contribution in [0, 0.1) is 23.7 Å². The minimum atomic E-state index is 0.286. The Morgan fingerprint density at radius 3 is 2.28 bits per heavy atom. The van der Waals surface area contributed by atoms with Gasteiger partial charge in [-0.15, -0.1) is 0 Å². The first kappa shape index (κ1) is 12.2. The van der Waals surface area contributed by atoms with Crippen molar-refractivity contribution in [2.75, 3.05) is 0 Å². The average Bonchev–Trinajstić information content (AvgIpc) is 2.81. The summed E-state index contributed by atoms with van der Waals surface area (Å²) in [5.74, 6) is 3.42. The van der Waals surface area contributed by atoms with Crippen LogP contribution in [0.15, 0.2) is 24.3 Å². The zero-order valence-electron chi connectivity index (χ0n) is 11.6. The van der Waals surface area contributed by atoms with Crippen LogP contribution in [0.25, 0.3) is 0 Å². The minimum Gasteiger partial charge on any atom is -0.324 e. The highest BCUT2D eigenvalue weighted by atomic mass is 14.7. The van der Waals surface area contributed by atoms with E-state index in [1.807, 2.05) is 0 Å². The largest absolute Gasteiger partial charge is 0.324 e. The van der Waals surface area contributed by atoms with Crippen LogP contribution < -0.4 is 5.73 Å². The molecule has 0 spiro atoms. The molecule has 0 saturated heterocycles. The summed E-state index contributed by atoms with van der Waals surface area (Å²) in [7, 11) is 0. The molecule has 0 aliphatic heterocycles. The third-order valence-corrected chi connectivity index (χ3v) is 4.90. The maximum atomic E-state index is 6.44. The van der Waals surface area contributed by atoms with Gasteiger partial charge in [-0.3, -0.25) is 0 Å². The average molecular weight is 243 g/mol. The SMILES string of the molecule is CC(C)Cc1ccc(C(N)C2C3CCCC32)cc1. The van der Waals surface area contributed by atoms with Gasteiger partial charge in [-0.2, -0.15) is 0 Å². The molecular formula is C17H25N. The monoisotopic (exact) mass is 243 g/mol. The van der Waals surface area contributed by atoms with E-state index in [1.54, 1.807) is 0 Å². The van der Waals surface area contributed by atoms with Gasteiger partial charge in [0.2, 0.25) is 0 Å². The number of rotatable bonds is 4. The Bertz CT molecular complexity index is 396. The van der Waals surface area contributed by atoms with Crippen molar-refractivity contribution in [2.45, 2.75) is 45.6 Å². The molecule has 3 rings (SSSR count).